The molecule has 0 bridgehead atoms. The Kier molecular flexibility index (Phi) is 4.81. The minimum absolute atomic E-state index is 0.114. The molecule has 28 heavy (non-hydrogen) atoms. The zero-order valence-electron chi connectivity index (χ0n) is 14.9. The zero-order valence-corrected chi connectivity index (χ0v) is 16.5. The van der Waals surface area contributed by atoms with Gasteiger partial charge in [0, 0.05) is 35.0 Å². The van der Waals surface area contributed by atoms with Gasteiger partial charge in [-0.25, -0.2) is 13.6 Å². The highest BCUT2D eigenvalue weighted by atomic mass is 35.5. The molecule has 0 aliphatic carbocycles. The van der Waals surface area contributed by atoms with Gasteiger partial charge in [0.1, 0.15) is 11.6 Å². The van der Waals surface area contributed by atoms with Crippen LogP contribution in [0.5, 0.6) is 0 Å². The molecule has 0 amide bonds. The molecule has 0 saturated carbocycles. The van der Waals surface area contributed by atoms with Crippen molar-refractivity contribution in [3.05, 3.63) is 61.3 Å². The molecule has 5 nitrogen and oxygen atoms in total. The topological polar surface area (TPSA) is 64.1 Å². The van der Waals surface area contributed by atoms with Crippen LogP contribution in [0.15, 0.2) is 32.7 Å². The Bertz CT molecular complexity index is 1240. The van der Waals surface area contributed by atoms with Gasteiger partial charge in [0.15, 0.2) is 0 Å². The molecule has 0 radical (unpaired) electrons. The first-order valence-corrected chi connectivity index (χ1v) is 9.79. The Morgan fingerprint density at radius 2 is 2.00 bits per heavy atom. The Labute approximate surface area is 167 Å². The van der Waals surface area contributed by atoms with Gasteiger partial charge in [-0.2, -0.15) is 0 Å². The first-order valence-electron chi connectivity index (χ1n) is 8.42. The van der Waals surface area contributed by atoms with Gasteiger partial charge in [0.25, 0.3) is 5.56 Å². The van der Waals surface area contributed by atoms with Crippen molar-refractivity contribution in [3.8, 4) is 11.1 Å². The highest BCUT2D eigenvalue weighted by Gasteiger charge is 2.26. The van der Waals surface area contributed by atoms with Gasteiger partial charge >= 0.3 is 5.69 Å². The van der Waals surface area contributed by atoms with Crippen molar-refractivity contribution in [2.45, 2.75) is 24.5 Å². The lowest BCUT2D eigenvalue weighted by atomic mass is 9.97. The van der Waals surface area contributed by atoms with Crippen LogP contribution in [0, 0.1) is 18.6 Å². The van der Waals surface area contributed by atoms with Gasteiger partial charge in [-0.15, -0.1) is 11.8 Å². The standard InChI is InChI=1S/C19H15ClF2N2O3S/c1-8-3-11-16-17(15(8)10-4-12(20)14(22)5-13(10)21)28-7-9(27-2)6-24(16)19(26)23-18(11)25/h3-5,9H,6-7H2,1-2H3,(H,23,25,26)/t9-/m0/s1. The van der Waals surface area contributed by atoms with Gasteiger partial charge < -0.3 is 4.74 Å². The van der Waals surface area contributed by atoms with Crippen LogP contribution in [0.2, 0.25) is 5.02 Å². The summed E-state index contributed by atoms with van der Waals surface area (Å²) in [6.45, 7) is 1.98. The maximum absolute atomic E-state index is 14.7. The van der Waals surface area contributed by atoms with E-state index < -0.39 is 22.9 Å². The molecule has 1 aromatic heterocycles. The van der Waals surface area contributed by atoms with Crippen LogP contribution in [0.3, 0.4) is 0 Å². The first kappa shape index (κ1) is 19.2. The molecule has 0 spiro atoms. The SMILES string of the molecule is CO[C@@H]1CSc2c(-c3cc(Cl)c(F)cc3F)c(C)cc3c(=O)[nH]c(=O)n(c23)C1. The van der Waals surface area contributed by atoms with Crippen molar-refractivity contribution in [2.24, 2.45) is 0 Å². The second kappa shape index (κ2) is 7.02. The third-order valence-electron chi connectivity index (χ3n) is 4.85. The molecule has 1 aliphatic rings. The number of nitrogens with zero attached hydrogens (tertiary/aromatic N) is 1. The molecular formula is C19H15ClF2N2O3S. The summed E-state index contributed by atoms with van der Waals surface area (Å²) < 4.78 is 35.2. The van der Waals surface area contributed by atoms with Crippen molar-refractivity contribution in [2.75, 3.05) is 12.9 Å². The Morgan fingerprint density at radius 3 is 2.71 bits per heavy atom. The van der Waals surface area contributed by atoms with Gasteiger partial charge in [0.05, 0.1) is 28.6 Å². The summed E-state index contributed by atoms with van der Waals surface area (Å²) in [5.74, 6) is -1.13. The summed E-state index contributed by atoms with van der Waals surface area (Å²) in [6, 6.07) is 3.57. The van der Waals surface area contributed by atoms with E-state index in [1.807, 2.05) is 0 Å². The monoisotopic (exact) mass is 424 g/mol. The number of methoxy groups -OCH3 is 1. The smallest absolute Gasteiger partial charge is 0.328 e. The second-order valence-electron chi connectivity index (χ2n) is 6.58. The number of nitrogens with one attached hydrogen (secondary N) is 1. The summed E-state index contributed by atoms with van der Waals surface area (Å²) in [7, 11) is 1.54. The van der Waals surface area contributed by atoms with E-state index in [2.05, 4.69) is 4.98 Å². The van der Waals surface area contributed by atoms with Crippen molar-refractivity contribution in [1.29, 1.82) is 0 Å². The molecule has 9 heteroatoms. The quantitative estimate of drug-likeness (QED) is 0.637. The number of thioether (sulfide) groups is 1. The fourth-order valence-electron chi connectivity index (χ4n) is 3.49. The maximum atomic E-state index is 14.7. The summed E-state index contributed by atoms with van der Waals surface area (Å²) in [5.41, 5.74) is 0.551. The van der Waals surface area contributed by atoms with Crippen LogP contribution in [0.1, 0.15) is 5.56 Å². The van der Waals surface area contributed by atoms with Crippen molar-refractivity contribution < 1.29 is 13.5 Å². The predicted molar refractivity (Wildman–Crippen MR) is 105 cm³/mol. The maximum Gasteiger partial charge on any atom is 0.328 e. The van der Waals surface area contributed by atoms with Crippen LogP contribution >= 0.6 is 23.4 Å². The number of halogens is 3. The Hall–Kier alpha value is -2.16. The van der Waals surface area contributed by atoms with Gasteiger partial charge in [-0.3, -0.25) is 14.3 Å². The van der Waals surface area contributed by atoms with E-state index in [0.717, 1.165) is 6.07 Å². The van der Waals surface area contributed by atoms with Crippen LogP contribution < -0.4 is 11.2 Å². The molecule has 1 N–H and O–H groups in total. The van der Waals surface area contributed by atoms with Crippen molar-refractivity contribution in [1.82, 2.24) is 9.55 Å². The third kappa shape index (κ3) is 2.96. The molecule has 2 heterocycles. The Morgan fingerprint density at radius 1 is 1.25 bits per heavy atom. The van der Waals surface area contributed by atoms with E-state index in [-0.39, 0.29) is 23.2 Å². The molecule has 0 unspecified atom stereocenters. The van der Waals surface area contributed by atoms with E-state index in [1.165, 1.54) is 22.4 Å². The van der Waals surface area contributed by atoms with E-state index in [0.29, 0.717) is 32.7 Å². The molecule has 3 aromatic rings. The number of aromatic nitrogens is 2. The largest absolute Gasteiger partial charge is 0.379 e. The lowest BCUT2D eigenvalue weighted by Crippen LogP contribution is -2.34. The molecule has 4 rings (SSSR count). The minimum atomic E-state index is -0.854. The molecule has 2 aromatic carbocycles. The van der Waals surface area contributed by atoms with E-state index >= 15 is 0 Å². The molecule has 0 fully saturated rings. The average molecular weight is 425 g/mol. The second-order valence-corrected chi connectivity index (χ2v) is 8.02. The molecule has 1 atom stereocenters. The van der Waals surface area contributed by atoms with Crippen LogP contribution in [0.25, 0.3) is 22.0 Å². The van der Waals surface area contributed by atoms with Crippen LogP contribution in [-0.4, -0.2) is 28.5 Å². The van der Waals surface area contributed by atoms with Gasteiger partial charge in [-0.1, -0.05) is 11.6 Å². The molecule has 146 valence electrons. The molecular weight excluding hydrogens is 410 g/mol. The summed E-state index contributed by atoms with van der Waals surface area (Å²) in [4.78, 5) is 27.8. The van der Waals surface area contributed by atoms with Crippen molar-refractivity contribution >= 4 is 34.3 Å². The Balaban J connectivity index is 2.16. The number of H-pyrrole nitrogens is 1. The lowest BCUT2D eigenvalue weighted by Gasteiger charge is -2.17. The highest BCUT2D eigenvalue weighted by Crippen LogP contribution is 2.42. The average Bonchev–Trinajstić information content (AvgIpc) is 2.84. The summed E-state index contributed by atoms with van der Waals surface area (Å²) in [5, 5.41) is 0.119. The fourth-order valence-corrected chi connectivity index (χ4v) is 5.02. The van der Waals surface area contributed by atoms with Gasteiger partial charge in [0.2, 0.25) is 0 Å². The number of aromatic amines is 1. The summed E-state index contributed by atoms with van der Waals surface area (Å²) >= 11 is 7.26. The number of rotatable bonds is 2. The zero-order chi connectivity index (χ0) is 20.2. The van der Waals surface area contributed by atoms with E-state index in [9.17, 15) is 18.4 Å². The number of hydrogen-bond donors (Lipinski definition) is 1. The van der Waals surface area contributed by atoms with Gasteiger partial charge in [-0.05, 0) is 24.6 Å². The minimum Gasteiger partial charge on any atom is -0.379 e. The van der Waals surface area contributed by atoms with E-state index in [1.54, 1.807) is 20.1 Å². The lowest BCUT2D eigenvalue weighted by molar-refractivity contribution is 0.107. The first-order chi connectivity index (χ1) is 13.3. The number of benzene rings is 2. The van der Waals surface area contributed by atoms with Crippen LogP contribution in [0.4, 0.5) is 8.78 Å². The predicted octanol–water partition coefficient (Wildman–Crippen LogP) is 3.72. The fraction of sp³-hybridized carbons (Fsp3) is 0.263. The highest BCUT2D eigenvalue weighted by molar-refractivity contribution is 7.99. The normalized spacial score (nSPS) is 16.4. The molecule has 0 saturated heterocycles. The number of ether oxygens (including phenoxy) is 1. The number of hydrogen-bond acceptors (Lipinski definition) is 4. The van der Waals surface area contributed by atoms with Crippen LogP contribution in [-0.2, 0) is 11.3 Å². The summed E-state index contributed by atoms with van der Waals surface area (Å²) in [6.07, 6.45) is -0.279. The molecule has 1 aliphatic heterocycles. The third-order valence-corrected chi connectivity index (χ3v) is 6.36. The number of aryl methyl sites for hydroxylation is 1. The van der Waals surface area contributed by atoms with Crippen molar-refractivity contribution in [3.63, 3.8) is 0 Å². The van der Waals surface area contributed by atoms with E-state index in [4.69, 9.17) is 16.3 Å².